The van der Waals surface area contributed by atoms with E-state index in [-0.39, 0.29) is 0 Å². The zero-order chi connectivity index (χ0) is 13.8. The standard InChI is InChI=1S/C13H19BrN6/c14-11-2-3-12-17-13(18-20(12)10-11)16-4-1-7-19-8-5-15-6-9-19/h2-3,10,15H,1,4-9H2,(H,16,18). The molecule has 3 heterocycles. The van der Waals surface area contributed by atoms with Crippen molar-refractivity contribution in [3.8, 4) is 0 Å². The third-order valence-corrected chi connectivity index (χ3v) is 3.91. The largest absolute Gasteiger partial charge is 0.353 e. The van der Waals surface area contributed by atoms with Crippen LogP contribution >= 0.6 is 15.9 Å². The van der Waals surface area contributed by atoms with Gasteiger partial charge in [0.2, 0.25) is 5.95 Å². The molecule has 0 unspecified atom stereocenters. The van der Waals surface area contributed by atoms with Crippen LogP contribution in [0.1, 0.15) is 6.42 Å². The Balaban J connectivity index is 1.47. The highest BCUT2D eigenvalue weighted by molar-refractivity contribution is 9.10. The van der Waals surface area contributed by atoms with Crippen LogP contribution in [0.2, 0.25) is 0 Å². The predicted octanol–water partition coefficient (Wildman–Crippen LogP) is 1.20. The molecule has 0 atom stereocenters. The molecule has 2 aromatic rings. The van der Waals surface area contributed by atoms with E-state index in [0.717, 1.165) is 55.8 Å². The first-order valence-electron chi connectivity index (χ1n) is 7.00. The Morgan fingerprint density at radius 2 is 2.15 bits per heavy atom. The van der Waals surface area contributed by atoms with E-state index in [4.69, 9.17) is 0 Å². The van der Waals surface area contributed by atoms with E-state index in [0.29, 0.717) is 5.95 Å². The maximum Gasteiger partial charge on any atom is 0.243 e. The summed E-state index contributed by atoms with van der Waals surface area (Å²) in [5.41, 5.74) is 0.859. The molecule has 6 nitrogen and oxygen atoms in total. The molecule has 20 heavy (non-hydrogen) atoms. The van der Waals surface area contributed by atoms with E-state index in [1.165, 1.54) is 0 Å². The highest BCUT2D eigenvalue weighted by Gasteiger charge is 2.08. The van der Waals surface area contributed by atoms with Gasteiger partial charge >= 0.3 is 0 Å². The van der Waals surface area contributed by atoms with Crippen LogP contribution in [0.15, 0.2) is 22.8 Å². The van der Waals surface area contributed by atoms with Crippen molar-refractivity contribution < 1.29 is 0 Å². The third-order valence-electron chi connectivity index (χ3n) is 3.44. The second-order valence-electron chi connectivity index (χ2n) is 4.96. The van der Waals surface area contributed by atoms with Gasteiger partial charge < -0.3 is 15.5 Å². The zero-order valence-electron chi connectivity index (χ0n) is 11.3. The molecular weight excluding hydrogens is 320 g/mol. The molecule has 0 aromatic carbocycles. The normalized spacial score (nSPS) is 16.6. The highest BCUT2D eigenvalue weighted by atomic mass is 79.9. The summed E-state index contributed by atoms with van der Waals surface area (Å²) in [5.74, 6) is 0.698. The van der Waals surface area contributed by atoms with Crippen molar-refractivity contribution in [3.05, 3.63) is 22.8 Å². The number of anilines is 1. The predicted molar refractivity (Wildman–Crippen MR) is 83.1 cm³/mol. The number of pyridine rings is 1. The van der Waals surface area contributed by atoms with Crippen molar-refractivity contribution >= 4 is 27.5 Å². The van der Waals surface area contributed by atoms with Crippen LogP contribution < -0.4 is 10.6 Å². The van der Waals surface area contributed by atoms with Crippen LogP contribution in [0.3, 0.4) is 0 Å². The molecule has 1 aliphatic heterocycles. The molecule has 0 aliphatic carbocycles. The van der Waals surface area contributed by atoms with Crippen molar-refractivity contribution in [3.63, 3.8) is 0 Å². The van der Waals surface area contributed by atoms with Crippen molar-refractivity contribution in [2.45, 2.75) is 6.42 Å². The number of hydrogen-bond donors (Lipinski definition) is 2. The summed E-state index contributed by atoms with van der Waals surface area (Å²) in [7, 11) is 0. The number of fused-ring (bicyclic) bond motifs is 1. The lowest BCUT2D eigenvalue weighted by atomic mass is 10.3. The van der Waals surface area contributed by atoms with Crippen LogP contribution in [-0.2, 0) is 0 Å². The van der Waals surface area contributed by atoms with Gasteiger partial charge in [0, 0.05) is 43.4 Å². The van der Waals surface area contributed by atoms with Crippen molar-refractivity contribution in [1.29, 1.82) is 0 Å². The lowest BCUT2D eigenvalue weighted by molar-refractivity contribution is 0.240. The fourth-order valence-electron chi connectivity index (χ4n) is 2.37. The van der Waals surface area contributed by atoms with E-state index in [2.05, 4.69) is 41.5 Å². The summed E-state index contributed by atoms with van der Waals surface area (Å²) in [6.45, 7) is 6.56. The second kappa shape index (κ2) is 6.51. The molecule has 108 valence electrons. The van der Waals surface area contributed by atoms with E-state index >= 15 is 0 Å². The molecule has 0 saturated carbocycles. The third kappa shape index (κ3) is 3.47. The number of aromatic nitrogens is 3. The summed E-state index contributed by atoms with van der Waals surface area (Å²) < 4.78 is 2.78. The highest BCUT2D eigenvalue weighted by Crippen LogP contribution is 2.12. The first-order valence-corrected chi connectivity index (χ1v) is 7.79. The molecular formula is C13H19BrN6. The Labute approximate surface area is 126 Å². The Hall–Kier alpha value is -1.18. The SMILES string of the molecule is Brc1ccc2nc(NCCCN3CCNCC3)nn2c1. The number of rotatable bonds is 5. The Kier molecular flexibility index (Phi) is 4.49. The van der Waals surface area contributed by atoms with Crippen molar-refractivity contribution in [2.24, 2.45) is 0 Å². The maximum atomic E-state index is 4.43. The van der Waals surface area contributed by atoms with Gasteiger partial charge in [0.1, 0.15) is 0 Å². The number of nitrogens with zero attached hydrogens (tertiary/aromatic N) is 4. The van der Waals surface area contributed by atoms with Gasteiger partial charge in [-0.1, -0.05) is 0 Å². The van der Waals surface area contributed by atoms with Crippen LogP contribution in [0, 0.1) is 0 Å². The Morgan fingerprint density at radius 3 is 3.00 bits per heavy atom. The lowest BCUT2D eigenvalue weighted by Crippen LogP contribution is -2.44. The maximum absolute atomic E-state index is 4.43. The average Bonchev–Trinajstić information content (AvgIpc) is 2.86. The van der Waals surface area contributed by atoms with Gasteiger partial charge in [-0.15, -0.1) is 5.10 Å². The van der Waals surface area contributed by atoms with Gasteiger partial charge in [0.15, 0.2) is 5.65 Å². The molecule has 1 fully saturated rings. The fraction of sp³-hybridized carbons (Fsp3) is 0.538. The number of halogens is 1. The van der Waals surface area contributed by atoms with Crippen LogP contribution in [0.25, 0.3) is 5.65 Å². The molecule has 7 heteroatoms. The summed E-state index contributed by atoms with van der Waals surface area (Å²) in [4.78, 5) is 6.93. The molecule has 3 rings (SSSR count). The van der Waals surface area contributed by atoms with Crippen molar-refractivity contribution in [2.75, 3.05) is 44.6 Å². The summed E-state index contributed by atoms with van der Waals surface area (Å²) in [6.07, 6.45) is 3.02. The minimum atomic E-state index is 0.698. The zero-order valence-corrected chi connectivity index (χ0v) is 12.9. The second-order valence-corrected chi connectivity index (χ2v) is 5.87. The first kappa shape index (κ1) is 13.8. The quantitative estimate of drug-likeness (QED) is 0.802. The van der Waals surface area contributed by atoms with Crippen molar-refractivity contribution in [1.82, 2.24) is 24.8 Å². The van der Waals surface area contributed by atoms with E-state index in [1.807, 2.05) is 18.3 Å². The van der Waals surface area contributed by atoms with Gasteiger partial charge in [-0.25, -0.2) is 4.52 Å². The van der Waals surface area contributed by atoms with Gasteiger partial charge in [-0.3, -0.25) is 0 Å². The topological polar surface area (TPSA) is 57.5 Å². The van der Waals surface area contributed by atoms with Crippen LogP contribution in [0.5, 0.6) is 0 Å². The molecule has 2 aromatic heterocycles. The number of hydrogen-bond acceptors (Lipinski definition) is 5. The Bertz CT molecular complexity index is 563. The molecule has 0 radical (unpaired) electrons. The number of nitrogens with one attached hydrogen (secondary N) is 2. The van der Waals surface area contributed by atoms with Gasteiger partial charge in [-0.05, 0) is 41.0 Å². The number of piperazine rings is 1. The van der Waals surface area contributed by atoms with Crippen LogP contribution in [-0.4, -0.2) is 58.8 Å². The van der Waals surface area contributed by atoms with Gasteiger partial charge in [0.05, 0.1) is 0 Å². The minimum absolute atomic E-state index is 0.698. The molecule has 0 amide bonds. The molecule has 2 N–H and O–H groups in total. The summed E-state index contributed by atoms with van der Waals surface area (Å²) in [6, 6.07) is 3.92. The average molecular weight is 339 g/mol. The van der Waals surface area contributed by atoms with Gasteiger partial charge in [0.25, 0.3) is 0 Å². The minimum Gasteiger partial charge on any atom is -0.353 e. The van der Waals surface area contributed by atoms with Gasteiger partial charge in [-0.2, -0.15) is 4.98 Å². The molecule has 1 aliphatic rings. The molecule has 1 saturated heterocycles. The van der Waals surface area contributed by atoms with Crippen LogP contribution in [0.4, 0.5) is 5.95 Å². The fourth-order valence-corrected chi connectivity index (χ4v) is 2.70. The summed E-state index contributed by atoms with van der Waals surface area (Å²) in [5, 5.41) is 11.1. The first-order chi connectivity index (χ1) is 9.81. The lowest BCUT2D eigenvalue weighted by Gasteiger charge is -2.26. The van der Waals surface area contributed by atoms with E-state index in [1.54, 1.807) is 4.52 Å². The van der Waals surface area contributed by atoms with E-state index in [9.17, 15) is 0 Å². The monoisotopic (exact) mass is 338 g/mol. The molecule has 0 spiro atoms. The van der Waals surface area contributed by atoms with E-state index < -0.39 is 0 Å². The Morgan fingerprint density at radius 1 is 1.30 bits per heavy atom. The smallest absolute Gasteiger partial charge is 0.243 e. The summed E-state index contributed by atoms with van der Waals surface area (Å²) >= 11 is 3.43. The molecule has 0 bridgehead atoms.